The van der Waals surface area contributed by atoms with Crippen molar-refractivity contribution in [3.63, 3.8) is 0 Å². The van der Waals surface area contributed by atoms with E-state index in [0.29, 0.717) is 11.8 Å². The van der Waals surface area contributed by atoms with Gasteiger partial charge in [-0.2, -0.15) is 0 Å². The lowest BCUT2D eigenvalue weighted by atomic mass is 9.97. The van der Waals surface area contributed by atoms with Crippen molar-refractivity contribution < 1.29 is 13.6 Å². The number of hydrogen-bond acceptors (Lipinski definition) is 4. The predicted octanol–water partition coefficient (Wildman–Crippen LogP) is 2.48. The maximum Gasteiger partial charge on any atom is 0.298 e. The molecule has 1 aromatic rings. The fourth-order valence-corrected chi connectivity index (χ4v) is 1.65. The van der Waals surface area contributed by atoms with Crippen molar-refractivity contribution in [2.24, 2.45) is 15.2 Å². The molecule has 0 N–H and O–H groups in total. The third kappa shape index (κ3) is 1.86. The van der Waals surface area contributed by atoms with Gasteiger partial charge in [-0.3, -0.25) is 4.79 Å². The van der Waals surface area contributed by atoms with Crippen molar-refractivity contribution in [2.75, 3.05) is 0 Å². The Labute approximate surface area is 96.1 Å². The number of azo groups is 1. The number of aldehydes is 1. The molecule has 1 atom stereocenters. The molecule has 1 aliphatic heterocycles. The molecule has 0 saturated carbocycles. The number of rotatable bonds is 3. The second-order valence-corrected chi connectivity index (χ2v) is 3.63. The van der Waals surface area contributed by atoms with E-state index in [2.05, 4.69) is 15.2 Å². The molecule has 1 aromatic carbocycles. The molecule has 0 fully saturated rings. The van der Waals surface area contributed by atoms with Gasteiger partial charge < -0.3 is 0 Å². The quantitative estimate of drug-likeness (QED) is 0.745. The van der Waals surface area contributed by atoms with Crippen LogP contribution < -0.4 is 0 Å². The van der Waals surface area contributed by atoms with Crippen LogP contribution in [0.15, 0.2) is 39.5 Å². The molecule has 0 aromatic heterocycles. The summed E-state index contributed by atoms with van der Waals surface area (Å²) in [7, 11) is 0. The summed E-state index contributed by atoms with van der Waals surface area (Å²) in [6.07, 6.45) is -2.40. The van der Waals surface area contributed by atoms with Gasteiger partial charge in [0, 0.05) is 5.56 Å². The average Bonchev–Trinajstić information content (AvgIpc) is 2.75. The maximum atomic E-state index is 12.4. The zero-order valence-corrected chi connectivity index (χ0v) is 8.97. The topological polar surface area (TPSA) is 54.1 Å². The van der Waals surface area contributed by atoms with Crippen LogP contribution in [0.25, 0.3) is 0 Å². The molecule has 6 heteroatoms. The van der Waals surface area contributed by atoms with Crippen molar-refractivity contribution in [1.82, 2.24) is 0 Å². The van der Waals surface area contributed by atoms with Crippen molar-refractivity contribution in [1.29, 1.82) is 0 Å². The van der Waals surface area contributed by atoms with Crippen LogP contribution in [0.1, 0.15) is 11.1 Å². The second kappa shape index (κ2) is 4.12. The Hall–Kier alpha value is -1.98. The normalized spacial score (nSPS) is 22.9. The summed E-state index contributed by atoms with van der Waals surface area (Å²) < 4.78 is 24.9. The minimum atomic E-state index is -2.83. The maximum absolute atomic E-state index is 12.4. The molecular weight excluding hydrogens is 228 g/mol. The van der Waals surface area contributed by atoms with E-state index in [4.69, 9.17) is 0 Å². The minimum Gasteiger partial charge on any atom is -0.298 e. The lowest BCUT2D eigenvalue weighted by Crippen LogP contribution is -2.22. The van der Waals surface area contributed by atoms with Crippen LogP contribution in [-0.4, -0.2) is 18.5 Å². The lowest BCUT2D eigenvalue weighted by Gasteiger charge is -2.16. The predicted molar refractivity (Wildman–Crippen MR) is 57.2 cm³/mol. The van der Waals surface area contributed by atoms with E-state index in [-0.39, 0.29) is 0 Å². The van der Waals surface area contributed by atoms with Gasteiger partial charge in [-0.25, -0.2) is 13.8 Å². The van der Waals surface area contributed by atoms with E-state index >= 15 is 0 Å². The molecule has 1 aliphatic rings. The number of aryl methyl sites for hydroxylation is 1. The molecule has 0 amide bonds. The van der Waals surface area contributed by atoms with Crippen LogP contribution in [0.3, 0.4) is 0 Å². The molecule has 2 rings (SSSR count). The Morgan fingerprint density at radius 1 is 1.35 bits per heavy atom. The first-order chi connectivity index (χ1) is 8.09. The molecule has 0 saturated heterocycles. The summed E-state index contributed by atoms with van der Waals surface area (Å²) >= 11 is 0. The highest BCUT2D eigenvalue weighted by Gasteiger charge is 2.39. The van der Waals surface area contributed by atoms with E-state index in [0.717, 1.165) is 5.56 Å². The number of aliphatic imine (C=N–C) groups is 1. The summed E-state index contributed by atoms with van der Waals surface area (Å²) in [5.41, 5.74) is -0.427. The van der Waals surface area contributed by atoms with E-state index in [1.165, 1.54) is 0 Å². The van der Waals surface area contributed by atoms with Crippen LogP contribution in [0.2, 0.25) is 0 Å². The van der Waals surface area contributed by atoms with E-state index in [1.54, 1.807) is 31.2 Å². The third-order valence-electron chi connectivity index (χ3n) is 2.49. The number of alkyl halides is 2. The zero-order valence-electron chi connectivity index (χ0n) is 8.97. The van der Waals surface area contributed by atoms with Crippen LogP contribution in [0.5, 0.6) is 0 Å². The van der Waals surface area contributed by atoms with E-state index in [9.17, 15) is 13.6 Å². The molecule has 0 radical (unpaired) electrons. The first-order valence-electron chi connectivity index (χ1n) is 4.92. The molecule has 0 bridgehead atoms. The van der Waals surface area contributed by atoms with Crippen molar-refractivity contribution in [3.05, 3.63) is 35.4 Å². The number of nitrogens with zero attached hydrogens (tertiary/aromatic N) is 3. The summed E-state index contributed by atoms with van der Waals surface area (Å²) in [6.45, 7) is 1.76. The summed E-state index contributed by atoms with van der Waals surface area (Å²) in [5.74, 6) is -0.708. The van der Waals surface area contributed by atoms with Crippen LogP contribution >= 0.6 is 0 Å². The van der Waals surface area contributed by atoms with Gasteiger partial charge >= 0.3 is 0 Å². The molecule has 0 aliphatic carbocycles. The molecule has 17 heavy (non-hydrogen) atoms. The minimum absolute atomic E-state index is 0.425. The Morgan fingerprint density at radius 2 is 2.06 bits per heavy atom. The summed E-state index contributed by atoms with van der Waals surface area (Å²) in [5, 5.41) is 6.86. The first kappa shape index (κ1) is 11.5. The highest BCUT2D eigenvalue weighted by molar-refractivity contribution is 5.90. The third-order valence-corrected chi connectivity index (χ3v) is 2.49. The van der Waals surface area contributed by atoms with Gasteiger partial charge in [0.15, 0.2) is 6.29 Å². The number of amidine groups is 1. The van der Waals surface area contributed by atoms with E-state index < -0.39 is 17.9 Å². The fourth-order valence-electron chi connectivity index (χ4n) is 1.65. The van der Waals surface area contributed by atoms with Crippen molar-refractivity contribution >= 4 is 12.1 Å². The Kier molecular flexibility index (Phi) is 2.79. The lowest BCUT2D eigenvalue weighted by molar-refractivity contribution is -0.112. The zero-order chi connectivity index (χ0) is 12.5. The van der Waals surface area contributed by atoms with Crippen LogP contribution in [0, 0.1) is 6.92 Å². The largest absolute Gasteiger partial charge is 0.298 e. The smallest absolute Gasteiger partial charge is 0.298 e. The van der Waals surface area contributed by atoms with Crippen molar-refractivity contribution in [2.45, 2.75) is 19.0 Å². The van der Waals surface area contributed by atoms with Gasteiger partial charge in [0.2, 0.25) is 5.84 Å². The van der Waals surface area contributed by atoms with Gasteiger partial charge in [0.1, 0.15) is 0 Å². The highest BCUT2D eigenvalue weighted by Crippen LogP contribution is 2.33. The Balaban J connectivity index is 2.53. The Morgan fingerprint density at radius 3 is 2.59 bits per heavy atom. The van der Waals surface area contributed by atoms with Crippen molar-refractivity contribution in [3.8, 4) is 0 Å². The van der Waals surface area contributed by atoms with Crippen LogP contribution in [0.4, 0.5) is 8.78 Å². The SMILES string of the molecule is Cc1ccccc1C1(C=O)N=NC(C(F)F)=N1. The number of halogens is 2. The van der Waals surface area contributed by atoms with E-state index in [1.807, 2.05) is 0 Å². The molecule has 1 heterocycles. The fraction of sp³-hybridized carbons (Fsp3) is 0.273. The number of carbonyl (C=O) groups is 1. The first-order valence-corrected chi connectivity index (χ1v) is 4.92. The monoisotopic (exact) mass is 237 g/mol. The van der Waals surface area contributed by atoms with Gasteiger partial charge in [0.25, 0.3) is 12.1 Å². The Bertz CT molecular complexity index is 513. The van der Waals surface area contributed by atoms with Gasteiger partial charge in [-0.15, -0.1) is 10.2 Å². The van der Waals surface area contributed by atoms with Gasteiger partial charge in [-0.05, 0) is 12.5 Å². The van der Waals surface area contributed by atoms with Gasteiger partial charge in [-0.1, -0.05) is 24.3 Å². The van der Waals surface area contributed by atoms with Gasteiger partial charge in [0.05, 0.1) is 0 Å². The summed E-state index contributed by atoms with van der Waals surface area (Å²) in [6, 6.07) is 6.85. The average molecular weight is 237 g/mol. The number of carbonyl (C=O) groups excluding carboxylic acids is 1. The molecule has 88 valence electrons. The van der Waals surface area contributed by atoms with Crippen LogP contribution in [-0.2, 0) is 10.5 Å². The molecule has 4 nitrogen and oxygen atoms in total. The highest BCUT2D eigenvalue weighted by atomic mass is 19.3. The molecule has 0 spiro atoms. The number of benzene rings is 1. The molecule has 1 unspecified atom stereocenters. The number of hydrogen-bond donors (Lipinski definition) is 0. The standard InChI is InChI=1S/C11H9F2N3O/c1-7-4-2-3-5-8(7)11(6-17)14-10(9(12)13)15-16-11/h2-6,9H,1H3. The molecular formula is C11H9F2N3O. The summed E-state index contributed by atoms with van der Waals surface area (Å²) in [4.78, 5) is 14.8. The second-order valence-electron chi connectivity index (χ2n) is 3.63.